The number of allylic oxidation sites excluding steroid dienone is 6. The first-order chi connectivity index (χ1) is 10.5. The third kappa shape index (κ3) is 3.04. The molecule has 0 saturated heterocycles. The molecule has 3 aliphatic rings. The Labute approximate surface area is 131 Å². The number of halogens is 3. The van der Waals surface area contributed by atoms with E-state index in [2.05, 4.69) is 18.2 Å². The molecule has 3 rings (SSSR count). The molecule has 0 aromatic heterocycles. The molecule has 0 radical (unpaired) electrons. The van der Waals surface area contributed by atoms with Gasteiger partial charge in [0.2, 0.25) is 0 Å². The van der Waals surface area contributed by atoms with E-state index in [1.807, 2.05) is 6.08 Å². The van der Waals surface area contributed by atoms with E-state index in [0.717, 1.165) is 25.7 Å². The topological polar surface area (TPSA) is 0 Å². The van der Waals surface area contributed by atoms with E-state index in [-0.39, 0.29) is 11.8 Å². The molecule has 1 saturated carbocycles. The van der Waals surface area contributed by atoms with E-state index in [1.165, 1.54) is 30.9 Å². The van der Waals surface area contributed by atoms with Crippen molar-refractivity contribution in [2.24, 2.45) is 17.3 Å². The van der Waals surface area contributed by atoms with E-state index in [4.69, 9.17) is 0 Å². The van der Waals surface area contributed by atoms with Gasteiger partial charge in [-0.1, -0.05) is 55.2 Å². The number of alkyl halides is 3. The van der Waals surface area contributed by atoms with E-state index >= 15 is 0 Å². The van der Waals surface area contributed by atoms with Crippen LogP contribution in [0, 0.1) is 17.3 Å². The van der Waals surface area contributed by atoms with Crippen molar-refractivity contribution in [1.82, 2.24) is 0 Å². The molecule has 0 amide bonds. The van der Waals surface area contributed by atoms with Gasteiger partial charge in [-0.25, -0.2) is 0 Å². The smallest absolute Gasteiger partial charge is 0.170 e. The van der Waals surface area contributed by atoms with Crippen LogP contribution in [0.1, 0.15) is 57.8 Å². The van der Waals surface area contributed by atoms with Crippen molar-refractivity contribution >= 4 is 0 Å². The van der Waals surface area contributed by atoms with Crippen LogP contribution in [0.25, 0.3) is 0 Å². The summed E-state index contributed by atoms with van der Waals surface area (Å²) >= 11 is 0. The van der Waals surface area contributed by atoms with Crippen LogP contribution in [-0.4, -0.2) is 6.18 Å². The fourth-order valence-corrected chi connectivity index (χ4v) is 4.68. The van der Waals surface area contributed by atoms with Crippen LogP contribution < -0.4 is 0 Å². The normalized spacial score (nSPS) is 31.9. The Hall–Kier alpha value is -0.990. The Morgan fingerprint density at radius 2 is 1.77 bits per heavy atom. The Morgan fingerprint density at radius 3 is 2.32 bits per heavy atom. The lowest BCUT2D eigenvalue weighted by Crippen LogP contribution is -2.37. The van der Waals surface area contributed by atoms with E-state index in [0.29, 0.717) is 12.3 Å². The molecule has 0 aromatic rings. The number of hydrogen-bond donors (Lipinski definition) is 0. The van der Waals surface area contributed by atoms with Crippen molar-refractivity contribution < 1.29 is 13.2 Å². The highest BCUT2D eigenvalue weighted by Crippen LogP contribution is 2.54. The first-order valence-corrected chi connectivity index (χ1v) is 8.64. The highest BCUT2D eigenvalue weighted by molar-refractivity contribution is 5.28. The molecule has 2 atom stereocenters. The van der Waals surface area contributed by atoms with Gasteiger partial charge in [0.15, 0.2) is 0 Å². The van der Waals surface area contributed by atoms with Crippen LogP contribution in [0.4, 0.5) is 13.2 Å². The zero-order chi connectivity index (χ0) is 15.6. The summed E-state index contributed by atoms with van der Waals surface area (Å²) in [5.41, 5.74) is 1.63. The first-order valence-electron chi connectivity index (χ1n) is 8.64. The molecular formula is C19H25F3. The largest absolute Gasteiger partial charge is 0.395 e. The third-order valence-corrected chi connectivity index (χ3v) is 5.89. The summed E-state index contributed by atoms with van der Waals surface area (Å²) in [6, 6.07) is 0. The number of rotatable bonds is 2. The fourth-order valence-electron chi connectivity index (χ4n) is 4.68. The lowest BCUT2D eigenvalue weighted by Gasteiger charge is -2.47. The zero-order valence-corrected chi connectivity index (χ0v) is 13.0. The van der Waals surface area contributed by atoms with Gasteiger partial charge in [-0.2, -0.15) is 13.2 Å². The fraction of sp³-hybridized carbons (Fsp3) is 0.684. The molecule has 0 spiro atoms. The van der Waals surface area contributed by atoms with Crippen molar-refractivity contribution in [3.63, 3.8) is 0 Å². The second-order valence-electron chi connectivity index (χ2n) is 7.09. The molecule has 1 fully saturated rings. The maximum absolute atomic E-state index is 12.9. The summed E-state index contributed by atoms with van der Waals surface area (Å²) in [7, 11) is 0. The molecule has 122 valence electrons. The van der Waals surface area contributed by atoms with E-state index in [1.54, 1.807) is 0 Å². The lowest BCUT2D eigenvalue weighted by atomic mass is 9.58. The second kappa shape index (κ2) is 6.25. The van der Waals surface area contributed by atoms with Gasteiger partial charge < -0.3 is 0 Å². The quantitative estimate of drug-likeness (QED) is 0.521. The van der Waals surface area contributed by atoms with E-state index < -0.39 is 12.1 Å². The van der Waals surface area contributed by atoms with Crippen LogP contribution in [-0.2, 0) is 0 Å². The number of hydrogen-bond acceptors (Lipinski definition) is 0. The van der Waals surface area contributed by atoms with Gasteiger partial charge >= 0.3 is 6.18 Å². The van der Waals surface area contributed by atoms with Gasteiger partial charge in [0.25, 0.3) is 0 Å². The van der Waals surface area contributed by atoms with E-state index in [9.17, 15) is 13.2 Å². The minimum Gasteiger partial charge on any atom is -0.170 e. The highest BCUT2D eigenvalue weighted by Gasteiger charge is 2.45. The first kappa shape index (κ1) is 15.9. The van der Waals surface area contributed by atoms with Crippen LogP contribution in [0.3, 0.4) is 0 Å². The Morgan fingerprint density at radius 1 is 1.00 bits per heavy atom. The van der Waals surface area contributed by atoms with Gasteiger partial charge in [0.05, 0.1) is 5.92 Å². The highest BCUT2D eigenvalue weighted by atomic mass is 19.4. The average molecular weight is 310 g/mol. The van der Waals surface area contributed by atoms with Crippen molar-refractivity contribution in [3.8, 4) is 0 Å². The molecule has 0 bridgehead atoms. The van der Waals surface area contributed by atoms with Crippen LogP contribution in [0.5, 0.6) is 0 Å². The van der Waals surface area contributed by atoms with Crippen LogP contribution >= 0.6 is 0 Å². The summed E-state index contributed by atoms with van der Waals surface area (Å²) < 4.78 is 38.7. The molecule has 0 aliphatic heterocycles. The molecule has 3 heteroatoms. The summed E-state index contributed by atoms with van der Waals surface area (Å²) in [5.74, 6) is -0.936. The van der Waals surface area contributed by atoms with Crippen molar-refractivity contribution in [2.75, 3.05) is 0 Å². The summed E-state index contributed by atoms with van der Waals surface area (Å²) in [6.07, 6.45) is 15.0. The predicted octanol–water partition coefficient (Wildman–Crippen LogP) is 6.36. The molecule has 2 unspecified atom stereocenters. The van der Waals surface area contributed by atoms with Crippen LogP contribution in [0.2, 0.25) is 0 Å². The minimum atomic E-state index is -4.08. The van der Waals surface area contributed by atoms with Crippen molar-refractivity contribution in [1.29, 1.82) is 0 Å². The summed E-state index contributed by atoms with van der Waals surface area (Å²) in [4.78, 5) is 0. The zero-order valence-electron chi connectivity index (χ0n) is 13.0. The Bertz CT molecular complexity index is 475. The molecule has 0 aromatic carbocycles. The predicted molar refractivity (Wildman–Crippen MR) is 83.4 cm³/mol. The molecule has 0 nitrogen and oxygen atoms in total. The van der Waals surface area contributed by atoms with Gasteiger partial charge in [0, 0.05) is 0 Å². The molecule has 22 heavy (non-hydrogen) atoms. The lowest BCUT2D eigenvalue weighted by molar-refractivity contribution is -0.165. The van der Waals surface area contributed by atoms with Gasteiger partial charge in [-0.05, 0) is 49.9 Å². The standard InChI is InChI=1S/C19H25F3/c20-19(21,22)17-11-9-16(10-12-17)18(13-5-2-6-14-18)15-7-3-1-4-8-15/h1,3,7,9,11,16-17H,2,4-6,8,10,12-14H2. The Balaban J connectivity index is 1.85. The monoisotopic (exact) mass is 310 g/mol. The molecule has 0 heterocycles. The van der Waals surface area contributed by atoms with Crippen LogP contribution in [0.15, 0.2) is 36.0 Å². The molecule has 0 N–H and O–H groups in total. The molecule has 3 aliphatic carbocycles. The SMILES string of the molecule is FC(F)(F)C1C=CC(C2(C3=CC=CCC3)CCCCC2)CC1. The van der Waals surface area contributed by atoms with Gasteiger partial charge in [0.1, 0.15) is 0 Å². The Kier molecular flexibility index (Phi) is 4.52. The van der Waals surface area contributed by atoms with Crippen molar-refractivity contribution in [2.45, 2.75) is 64.0 Å². The maximum Gasteiger partial charge on any atom is 0.395 e. The van der Waals surface area contributed by atoms with Gasteiger partial charge in [-0.15, -0.1) is 0 Å². The second-order valence-corrected chi connectivity index (χ2v) is 7.09. The van der Waals surface area contributed by atoms with Crippen molar-refractivity contribution in [3.05, 3.63) is 36.0 Å². The summed E-state index contributed by atoms with van der Waals surface area (Å²) in [5, 5.41) is 0. The maximum atomic E-state index is 12.9. The van der Waals surface area contributed by atoms with Gasteiger partial charge in [-0.3, -0.25) is 0 Å². The molecular weight excluding hydrogens is 285 g/mol. The minimum absolute atomic E-state index is 0.135. The average Bonchev–Trinajstić information content (AvgIpc) is 2.56. The summed E-state index contributed by atoms with van der Waals surface area (Å²) in [6.45, 7) is 0. The third-order valence-electron chi connectivity index (χ3n) is 5.89.